The third-order valence-electron chi connectivity index (χ3n) is 6.05. The second-order valence-corrected chi connectivity index (χ2v) is 8.23. The van der Waals surface area contributed by atoms with E-state index in [1.807, 2.05) is 30.6 Å². The maximum absolute atomic E-state index is 6.23. The Morgan fingerprint density at radius 3 is 2.40 bits per heavy atom. The molecule has 0 saturated heterocycles. The van der Waals surface area contributed by atoms with Crippen LogP contribution in [0.15, 0.2) is 83.5 Å². The fourth-order valence-corrected chi connectivity index (χ4v) is 3.93. The molecule has 0 aliphatic heterocycles. The summed E-state index contributed by atoms with van der Waals surface area (Å²) in [4.78, 5) is 9.27. The summed E-state index contributed by atoms with van der Waals surface area (Å²) >= 11 is 0. The van der Waals surface area contributed by atoms with Gasteiger partial charge in [0.05, 0.1) is 5.69 Å². The van der Waals surface area contributed by atoms with Crippen LogP contribution in [0, 0.1) is 5.92 Å². The number of benzene rings is 2. The van der Waals surface area contributed by atoms with E-state index in [4.69, 9.17) is 4.42 Å². The molecule has 30 heavy (non-hydrogen) atoms. The second-order valence-electron chi connectivity index (χ2n) is 8.23. The van der Waals surface area contributed by atoms with E-state index in [2.05, 4.69) is 79.3 Å². The fraction of sp³-hybridized carbons (Fsp3) is 0.185. The van der Waals surface area contributed by atoms with Gasteiger partial charge < -0.3 is 4.42 Å². The van der Waals surface area contributed by atoms with Gasteiger partial charge in [-0.3, -0.25) is 4.98 Å². The molecule has 1 atom stereocenters. The van der Waals surface area contributed by atoms with Crippen molar-refractivity contribution in [2.75, 3.05) is 0 Å². The lowest BCUT2D eigenvalue weighted by Crippen LogP contribution is -2.02. The largest absolute Gasteiger partial charge is 0.437 e. The quantitative estimate of drug-likeness (QED) is 0.318. The molecule has 1 unspecified atom stereocenters. The van der Waals surface area contributed by atoms with Gasteiger partial charge in [0.1, 0.15) is 5.58 Å². The molecule has 0 bridgehead atoms. The maximum Gasteiger partial charge on any atom is 0.227 e. The predicted octanol–water partition coefficient (Wildman–Crippen LogP) is 7.47. The lowest BCUT2D eigenvalue weighted by molar-refractivity contribution is 0.535. The summed E-state index contributed by atoms with van der Waals surface area (Å²) < 4.78 is 6.23. The summed E-state index contributed by atoms with van der Waals surface area (Å²) in [6.07, 6.45) is 3.78. The highest BCUT2D eigenvalue weighted by Crippen LogP contribution is 2.36. The Kier molecular flexibility index (Phi) is 4.59. The van der Waals surface area contributed by atoms with Crippen molar-refractivity contribution in [1.82, 2.24) is 9.97 Å². The first-order valence-corrected chi connectivity index (χ1v) is 10.4. The molecule has 0 aliphatic carbocycles. The van der Waals surface area contributed by atoms with Gasteiger partial charge in [-0.1, -0.05) is 63.2 Å². The summed E-state index contributed by atoms with van der Waals surface area (Å²) in [6.45, 7) is 6.77. The number of rotatable bonds is 4. The highest BCUT2D eigenvalue weighted by Gasteiger charge is 2.16. The summed E-state index contributed by atoms with van der Waals surface area (Å²) in [7, 11) is 0. The van der Waals surface area contributed by atoms with Crippen molar-refractivity contribution in [1.29, 1.82) is 0 Å². The van der Waals surface area contributed by atoms with E-state index in [9.17, 15) is 0 Å². The van der Waals surface area contributed by atoms with Gasteiger partial charge in [0.2, 0.25) is 5.71 Å². The first-order chi connectivity index (χ1) is 14.6. The van der Waals surface area contributed by atoms with E-state index in [1.54, 1.807) is 0 Å². The smallest absolute Gasteiger partial charge is 0.227 e. The van der Waals surface area contributed by atoms with E-state index in [0.29, 0.717) is 17.5 Å². The van der Waals surface area contributed by atoms with Crippen molar-refractivity contribution in [2.24, 2.45) is 5.92 Å². The number of furan rings is 1. The molecule has 5 aromatic rings. The second kappa shape index (κ2) is 7.42. The molecule has 0 spiro atoms. The zero-order valence-electron chi connectivity index (χ0n) is 17.5. The van der Waals surface area contributed by atoms with Crippen LogP contribution in [0.2, 0.25) is 0 Å². The number of para-hydroxylation sites is 1. The molecule has 0 saturated carbocycles. The zero-order chi connectivity index (χ0) is 20.7. The van der Waals surface area contributed by atoms with Crippen molar-refractivity contribution < 1.29 is 4.42 Å². The first-order valence-electron chi connectivity index (χ1n) is 10.4. The Balaban J connectivity index is 1.67. The standard InChI is InChI=1S/C27H24N2O/c1-17(2)18(3)20-12-13-28-25(15-20)23-11-7-10-22-24-14-21(19-8-5-4-6-9-19)16-29-27(24)30-26(22)23/h4-18H,1-3H3. The Morgan fingerprint density at radius 2 is 1.60 bits per heavy atom. The molecule has 0 aliphatic rings. The lowest BCUT2D eigenvalue weighted by atomic mass is 9.90. The van der Waals surface area contributed by atoms with E-state index < -0.39 is 0 Å². The zero-order valence-corrected chi connectivity index (χ0v) is 17.5. The Morgan fingerprint density at radius 1 is 0.767 bits per heavy atom. The van der Waals surface area contributed by atoms with Crippen molar-refractivity contribution in [3.8, 4) is 22.4 Å². The van der Waals surface area contributed by atoms with Gasteiger partial charge in [-0.2, -0.15) is 0 Å². The van der Waals surface area contributed by atoms with Crippen LogP contribution in [0.5, 0.6) is 0 Å². The van der Waals surface area contributed by atoms with Gasteiger partial charge in [0.25, 0.3) is 0 Å². The molecular formula is C27H24N2O. The Hall–Kier alpha value is -3.46. The number of hydrogen-bond acceptors (Lipinski definition) is 3. The van der Waals surface area contributed by atoms with Gasteiger partial charge in [0, 0.05) is 34.3 Å². The van der Waals surface area contributed by atoms with Crippen molar-refractivity contribution in [3.05, 3.63) is 84.7 Å². The van der Waals surface area contributed by atoms with Gasteiger partial charge in [-0.05, 0) is 47.2 Å². The SMILES string of the molecule is CC(C)C(C)c1ccnc(-c2cccc3c2oc2ncc(-c4ccccc4)cc23)c1. The minimum Gasteiger partial charge on any atom is -0.437 e. The summed E-state index contributed by atoms with van der Waals surface area (Å²) in [5.74, 6) is 1.04. The summed E-state index contributed by atoms with van der Waals surface area (Å²) in [6, 6.07) is 23.0. The van der Waals surface area contributed by atoms with Gasteiger partial charge in [-0.25, -0.2) is 4.98 Å². The van der Waals surface area contributed by atoms with Gasteiger partial charge >= 0.3 is 0 Å². The van der Waals surface area contributed by atoms with Crippen LogP contribution in [-0.4, -0.2) is 9.97 Å². The molecule has 5 rings (SSSR count). The minimum atomic E-state index is 0.469. The maximum atomic E-state index is 6.23. The molecule has 0 amide bonds. The van der Waals surface area contributed by atoms with E-state index in [1.165, 1.54) is 5.56 Å². The Labute approximate surface area is 176 Å². The molecule has 0 radical (unpaired) electrons. The van der Waals surface area contributed by atoms with Crippen LogP contribution in [-0.2, 0) is 0 Å². The molecule has 2 aromatic carbocycles. The molecule has 3 aromatic heterocycles. The van der Waals surface area contributed by atoms with Crippen LogP contribution in [0.1, 0.15) is 32.3 Å². The van der Waals surface area contributed by atoms with Gasteiger partial charge in [-0.15, -0.1) is 0 Å². The van der Waals surface area contributed by atoms with Crippen LogP contribution in [0.4, 0.5) is 0 Å². The average Bonchev–Trinajstić information content (AvgIpc) is 3.17. The molecule has 0 fully saturated rings. The highest BCUT2D eigenvalue weighted by molar-refractivity contribution is 6.09. The number of fused-ring (bicyclic) bond motifs is 3. The topological polar surface area (TPSA) is 38.9 Å². The number of hydrogen-bond donors (Lipinski definition) is 0. The lowest BCUT2D eigenvalue weighted by Gasteiger charge is -2.16. The summed E-state index contributed by atoms with van der Waals surface area (Å²) in [5, 5.41) is 2.09. The van der Waals surface area contributed by atoms with Crippen LogP contribution >= 0.6 is 0 Å². The van der Waals surface area contributed by atoms with Crippen molar-refractivity contribution >= 4 is 22.1 Å². The molecule has 3 heteroatoms. The molecule has 0 N–H and O–H groups in total. The Bertz CT molecular complexity index is 1340. The minimum absolute atomic E-state index is 0.469. The normalized spacial score (nSPS) is 12.7. The van der Waals surface area contributed by atoms with E-state index in [-0.39, 0.29) is 0 Å². The van der Waals surface area contributed by atoms with Crippen LogP contribution in [0.25, 0.3) is 44.5 Å². The van der Waals surface area contributed by atoms with Crippen LogP contribution < -0.4 is 0 Å². The van der Waals surface area contributed by atoms with E-state index in [0.717, 1.165) is 38.7 Å². The third kappa shape index (κ3) is 3.17. The molecule has 148 valence electrons. The average molecular weight is 393 g/mol. The number of pyridine rings is 2. The molecule has 3 nitrogen and oxygen atoms in total. The molecular weight excluding hydrogens is 368 g/mol. The van der Waals surface area contributed by atoms with Crippen molar-refractivity contribution in [2.45, 2.75) is 26.7 Å². The third-order valence-corrected chi connectivity index (χ3v) is 6.05. The monoisotopic (exact) mass is 392 g/mol. The predicted molar refractivity (Wildman–Crippen MR) is 123 cm³/mol. The number of nitrogens with zero attached hydrogens (tertiary/aromatic N) is 2. The number of aromatic nitrogens is 2. The van der Waals surface area contributed by atoms with Crippen LogP contribution in [0.3, 0.4) is 0 Å². The molecule has 3 heterocycles. The van der Waals surface area contributed by atoms with Crippen molar-refractivity contribution in [3.63, 3.8) is 0 Å². The van der Waals surface area contributed by atoms with E-state index >= 15 is 0 Å². The fourth-order valence-electron chi connectivity index (χ4n) is 3.93. The summed E-state index contributed by atoms with van der Waals surface area (Å²) in [5.41, 5.74) is 6.97. The highest BCUT2D eigenvalue weighted by atomic mass is 16.3. The first kappa shape index (κ1) is 18.6. The van der Waals surface area contributed by atoms with Gasteiger partial charge in [0.15, 0.2) is 0 Å².